The van der Waals surface area contributed by atoms with Crippen molar-refractivity contribution in [1.29, 1.82) is 5.26 Å². The molecule has 0 bridgehead atoms. The molecule has 4 heteroatoms. The van der Waals surface area contributed by atoms with Gasteiger partial charge in [-0.05, 0) is 41.0 Å². The van der Waals surface area contributed by atoms with Gasteiger partial charge in [0, 0.05) is 5.39 Å². The zero-order valence-corrected chi connectivity index (χ0v) is 14.1. The molecular formula is C21H14ClN3. The van der Waals surface area contributed by atoms with Crippen molar-refractivity contribution in [1.82, 2.24) is 9.78 Å². The van der Waals surface area contributed by atoms with E-state index in [2.05, 4.69) is 35.4 Å². The fourth-order valence-corrected chi connectivity index (χ4v) is 3.13. The van der Waals surface area contributed by atoms with Crippen LogP contribution in [0.3, 0.4) is 0 Å². The Labute approximate surface area is 150 Å². The Balaban J connectivity index is 1.59. The molecule has 0 amide bonds. The minimum absolute atomic E-state index is 0.671. The van der Waals surface area contributed by atoms with E-state index in [9.17, 15) is 0 Å². The van der Waals surface area contributed by atoms with Crippen LogP contribution in [0.1, 0.15) is 11.1 Å². The minimum atomic E-state index is 0.671. The summed E-state index contributed by atoms with van der Waals surface area (Å²) in [5.74, 6) is 0. The average molecular weight is 344 g/mol. The van der Waals surface area contributed by atoms with Gasteiger partial charge in [0.15, 0.2) is 0 Å². The first kappa shape index (κ1) is 15.4. The SMILES string of the molecule is N#Cc1ccc(-c2ccc(Cn3ncc4c(Cl)cccc43)cc2)cc1. The van der Waals surface area contributed by atoms with Gasteiger partial charge in [-0.2, -0.15) is 10.4 Å². The molecule has 120 valence electrons. The fourth-order valence-electron chi connectivity index (χ4n) is 2.91. The molecule has 3 nitrogen and oxygen atoms in total. The zero-order valence-electron chi connectivity index (χ0n) is 13.4. The van der Waals surface area contributed by atoms with Crippen LogP contribution in [0.4, 0.5) is 0 Å². The first-order valence-corrected chi connectivity index (χ1v) is 8.32. The lowest BCUT2D eigenvalue weighted by atomic mass is 10.0. The smallest absolute Gasteiger partial charge is 0.0991 e. The van der Waals surface area contributed by atoms with Crippen molar-refractivity contribution in [3.63, 3.8) is 0 Å². The van der Waals surface area contributed by atoms with Crippen LogP contribution >= 0.6 is 11.6 Å². The summed E-state index contributed by atoms with van der Waals surface area (Å²) in [7, 11) is 0. The predicted molar refractivity (Wildman–Crippen MR) is 100 cm³/mol. The largest absolute Gasteiger partial charge is 0.260 e. The Morgan fingerprint density at radius 2 is 1.60 bits per heavy atom. The molecule has 0 fully saturated rings. The number of nitrogens with zero attached hydrogens (tertiary/aromatic N) is 3. The van der Waals surface area contributed by atoms with Gasteiger partial charge in [0.1, 0.15) is 0 Å². The number of aromatic nitrogens is 2. The Morgan fingerprint density at radius 3 is 2.28 bits per heavy atom. The second kappa shape index (κ2) is 6.43. The molecule has 1 heterocycles. The van der Waals surface area contributed by atoms with Gasteiger partial charge >= 0.3 is 0 Å². The van der Waals surface area contributed by atoms with Gasteiger partial charge in [0.05, 0.1) is 34.9 Å². The lowest BCUT2D eigenvalue weighted by Gasteiger charge is -2.07. The van der Waals surface area contributed by atoms with Crippen molar-refractivity contribution in [2.75, 3.05) is 0 Å². The van der Waals surface area contributed by atoms with Crippen molar-refractivity contribution in [3.8, 4) is 17.2 Å². The molecule has 3 aromatic carbocycles. The van der Waals surface area contributed by atoms with Crippen LogP contribution in [0.25, 0.3) is 22.0 Å². The number of fused-ring (bicyclic) bond motifs is 1. The van der Waals surface area contributed by atoms with Crippen LogP contribution in [0.15, 0.2) is 72.9 Å². The van der Waals surface area contributed by atoms with Crippen LogP contribution in [-0.4, -0.2) is 9.78 Å². The van der Waals surface area contributed by atoms with Gasteiger partial charge in [-0.1, -0.05) is 54.1 Å². The van der Waals surface area contributed by atoms with E-state index in [1.165, 1.54) is 5.56 Å². The van der Waals surface area contributed by atoms with Gasteiger partial charge in [-0.3, -0.25) is 4.68 Å². The van der Waals surface area contributed by atoms with Gasteiger partial charge in [0.25, 0.3) is 0 Å². The van der Waals surface area contributed by atoms with Gasteiger partial charge in [-0.15, -0.1) is 0 Å². The third-order valence-corrected chi connectivity index (χ3v) is 4.60. The van der Waals surface area contributed by atoms with E-state index in [1.807, 2.05) is 53.3 Å². The van der Waals surface area contributed by atoms with E-state index < -0.39 is 0 Å². The number of halogens is 1. The Morgan fingerprint density at radius 1 is 0.920 bits per heavy atom. The van der Waals surface area contributed by atoms with Crippen LogP contribution in [0.2, 0.25) is 5.02 Å². The molecule has 4 rings (SSSR count). The molecule has 4 aromatic rings. The van der Waals surface area contributed by atoms with Crippen LogP contribution in [0, 0.1) is 11.3 Å². The molecule has 0 unspecified atom stereocenters. The summed E-state index contributed by atoms with van der Waals surface area (Å²) in [6.45, 7) is 0.692. The minimum Gasteiger partial charge on any atom is -0.260 e. The third kappa shape index (κ3) is 3.00. The van der Waals surface area contributed by atoms with Gasteiger partial charge in [-0.25, -0.2) is 0 Å². The van der Waals surface area contributed by atoms with E-state index in [4.69, 9.17) is 16.9 Å². The summed E-state index contributed by atoms with van der Waals surface area (Å²) in [5.41, 5.74) is 5.10. The molecule has 0 N–H and O–H groups in total. The van der Waals surface area contributed by atoms with Crippen LogP contribution in [-0.2, 0) is 6.54 Å². The fraction of sp³-hybridized carbons (Fsp3) is 0.0476. The van der Waals surface area contributed by atoms with E-state index in [0.29, 0.717) is 12.1 Å². The second-order valence-corrected chi connectivity index (χ2v) is 6.27. The highest BCUT2D eigenvalue weighted by molar-refractivity contribution is 6.35. The molecular weight excluding hydrogens is 330 g/mol. The lowest BCUT2D eigenvalue weighted by molar-refractivity contribution is 0.712. The highest BCUT2D eigenvalue weighted by Gasteiger charge is 2.06. The maximum atomic E-state index is 8.88. The van der Waals surface area contributed by atoms with Crippen molar-refractivity contribution in [2.24, 2.45) is 0 Å². The normalized spacial score (nSPS) is 10.7. The first-order valence-electron chi connectivity index (χ1n) is 7.94. The molecule has 25 heavy (non-hydrogen) atoms. The third-order valence-electron chi connectivity index (χ3n) is 4.27. The Kier molecular flexibility index (Phi) is 3.97. The molecule has 0 aliphatic rings. The lowest BCUT2D eigenvalue weighted by Crippen LogP contribution is -2.01. The number of hydrogen-bond donors (Lipinski definition) is 0. The molecule has 0 radical (unpaired) electrons. The molecule has 0 saturated heterocycles. The molecule has 0 spiro atoms. The van der Waals surface area contributed by atoms with Crippen LogP contribution < -0.4 is 0 Å². The van der Waals surface area contributed by atoms with Crippen molar-refractivity contribution in [3.05, 3.63) is 89.1 Å². The topological polar surface area (TPSA) is 41.6 Å². The van der Waals surface area contributed by atoms with Gasteiger partial charge < -0.3 is 0 Å². The number of hydrogen-bond acceptors (Lipinski definition) is 2. The van der Waals surface area contributed by atoms with E-state index >= 15 is 0 Å². The number of nitriles is 1. The first-order chi connectivity index (χ1) is 12.2. The maximum Gasteiger partial charge on any atom is 0.0991 e. The summed E-state index contributed by atoms with van der Waals surface area (Å²) in [6, 6.07) is 24.0. The Hall–Kier alpha value is -3.09. The van der Waals surface area contributed by atoms with Crippen molar-refractivity contribution >= 4 is 22.5 Å². The molecule has 0 aliphatic carbocycles. The van der Waals surface area contributed by atoms with Gasteiger partial charge in [0.2, 0.25) is 0 Å². The standard InChI is InChI=1S/C21H14ClN3/c22-20-2-1-3-21-19(20)13-24-25(21)14-16-6-10-18(11-7-16)17-8-4-15(12-23)5-9-17/h1-11,13H,14H2. The second-order valence-electron chi connectivity index (χ2n) is 5.86. The molecule has 0 saturated carbocycles. The quantitative estimate of drug-likeness (QED) is 0.508. The predicted octanol–water partition coefficient (Wildman–Crippen LogP) is 5.28. The number of rotatable bonds is 3. The molecule has 1 aromatic heterocycles. The number of benzene rings is 3. The summed E-state index contributed by atoms with van der Waals surface area (Å²) >= 11 is 6.21. The molecule has 0 aliphatic heterocycles. The summed E-state index contributed by atoms with van der Waals surface area (Å²) in [5, 5.41) is 15.0. The van der Waals surface area contributed by atoms with E-state index in [1.54, 1.807) is 0 Å². The summed E-state index contributed by atoms with van der Waals surface area (Å²) in [4.78, 5) is 0. The highest BCUT2D eigenvalue weighted by Crippen LogP contribution is 2.24. The summed E-state index contributed by atoms with van der Waals surface area (Å²) in [6.07, 6.45) is 1.81. The highest BCUT2D eigenvalue weighted by atomic mass is 35.5. The van der Waals surface area contributed by atoms with Crippen LogP contribution in [0.5, 0.6) is 0 Å². The molecule has 0 atom stereocenters. The van der Waals surface area contributed by atoms with Crippen molar-refractivity contribution in [2.45, 2.75) is 6.54 Å². The maximum absolute atomic E-state index is 8.88. The zero-order chi connectivity index (χ0) is 17.2. The summed E-state index contributed by atoms with van der Waals surface area (Å²) < 4.78 is 1.96. The van der Waals surface area contributed by atoms with Crippen molar-refractivity contribution < 1.29 is 0 Å². The van der Waals surface area contributed by atoms with E-state index in [-0.39, 0.29) is 0 Å². The Bertz CT molecular complexity index is 1070. The monoisotopic (exact) mass is 343 g/mol. The van der Waals surface area contributed by atoms with E-state index in [0.717, 1.165) is 27.1 Å². The average Bonchev–Trinajstić information content (AvgIpc) is 3.07.